The van der Waals surface area contributed by atoms with Crippen LogP contribution >= 0.6 is 0 Å². The first kappa shape index (κ1) is 27.4. The fraction of sp³-hybridized carbons (Fsp3) is 0. The summed E-state index contributed by atoms with van der Waals surface area (Å²) in [5.41, 5.74) is 10.6. The van der Waals surface area contributed by atoms with Crippen LogP contribution in [-0.4, -0.2) is 9.13 Å². The van der Waals surface area contributed by atoms with Crippen molar-refractivity contribution in [1.82, 2.24) is 9.13 Å². The summed E-state index contributed by atoms with van der Waals surface area (Å²) in [6, 6.07) is 58.8. The molecule has 0 bridgehead atoms. The standard InChI is InChI=1S/C44H26N4/c45-27-31-25-33(47-40-20-7-2-15-35(40)36-16-3-8-21-41(36)47)26-32(28-46)44(31)30-13-11-12-29(24-30)34-14-1-6-19-39(34)48-42-22-9-4-17-37(42)38-18-5-10-23-43(38)48/h1-26H. The van der Waals surface area contributed by atoms with E-state index in [0.29, 0.717) is 16.7 Å². The van der Waals surface area contributed by atoms with Gasteiger partial charge in [-0.05, 0) is 59.7 Å². The Bertz CT molecular complexity index is 2680. The molecule has 0 saturated heterocycles. The van der Waals surface area contributed by atoms with Crippen LogP contribution in [0.1, 0.15) is 11.1 Å². The van der Waals surface area contributed by atoms with Crippen molar-refractivity contribution in [2.75, 3.05) is 0 Å². The van der Waals surface area contributed by atoms with Crippen molar-refractivity contribution in [2.45, 2.75) is 0 Å². The summed E-state index contributed by atoms with van der Waals surface area (Å²) in [6.45, 7) is 0. The Morgan fingerprint density at radius 2 is 0.833 bits per heavy atom. The van der Waals surface area contributed by atoms with E-state index in [0.717, 1.165) is 60.9 Å². The van der Waals surface area contributed by atoms with Crippen LogP contribution < -0.4 is 0 Å². The predicted molar refractivity (Wildman–Crippen MR) is 195 cm³/mol. The lowest BCUT2D eigenvalue weighted by atomic mass is 9.92. The average molecular weight is 611 g/mol. The van der Waals surface area contributed by atoms with E-state index in [1.807, 2.05) is 48.5 Å². The minimum Gasteiger partial charge on any atom is -0.309 e. The minimum absolute atomic E-state index is 0.457. The molecule has 4 heteroatoms. The summed E-state index contributed by atoms with van der Waals surface area (Å²) >= 11 is 0. The van der Waals surface area contributed by atoms with Crippen LogP contribution in [0.25, 0.3) is 77.2 Å². The first-order valence-electron chi connectivity index (χ1n) is 15.9. The van der Waals surface area contributed by atoms with Gasteiger partial charge in [0.1, 0.15) is 0 Å². The molecule has 0 aliphatic heterocycles. The topological polar surface area (TPSA) is 57.4 Å². The zero-order valence-electron chi connectivity index (χ0n) is 25.8. The second kappa shape index (κ2) is 10.9. The summed E-state index contributed by atoms with van der Waals surface area (Å²) in [4.78, 5) is 0. The van der Waals surface area contributed by atoms with Crippen molar-refractivity contribution in [2.24, 2.45) is 0 Å². The van der Waals surface area contributed by atoms with Crippen LogP contribution in [0.15, 0.2) is 158 Å². The molecule has 9 aromatic rings. The second-order valence-corrected chi connectivity index (χ2v) is 12.0. The van der Waals surface area contributed by atoms with Crippen LogP contribution in [-0.2, 0) is 0 Å². The molecule has 9 rings (SSSR count). The van der Waals surface area contributed by atoms with Gasteiger partial charge >= 0.3 is 0 Å². The number of nitrogens with zero attached hydrogens (tertiary/aromatic N) is 4. The van der Waals surface area contributed by atoms with E-state index in [2.05, 4.69) is 130 Å². The summed E-state index contributed by atoms with van der Waals surface area (Å²) in [5, 5.41) is 25.7. The fourth-order valence-electron chi connectivity index (χ4n) is 7.38. The lowest BCUT2D eigenvalue weighted by Gasteiger charge is -2.16. The predicted octanol–water partition coefficient (Wildman–Crippen LogP) is 11.0. The minimum atomic E-state index is 0.457. The summed E-state index contributed by atoms with van der Waals surface area (Å²) in [6.07, 6.45) is 0. The van der Waals surface area contributed by atoms with Gasteiger partial charge in [0.15, 0.2) is 0 Å². The van der Waals surface area contributed by atoms with Crippen LogP contribution in [0, 0.1) is 22.7 Å². The maximum atomic E-state index is 10.5. The molecule has 0 saturated carbocycles. The van der Waals surface area contributed by atoms with Gasteiger partial charge in [0.05, 0.1) is 51.0 Å². The Hall–Kier alpha value is -6.88. The van der Waals surface area contributed by atoms with Crippen molar-refractivity contribution < 1.29 is 0 Å². The van der Waals surface area contributed by atoms with Crippen molar-refractivity contribution in [3.63, 3.8) is 0 Å². The monoisotopic (exact) mass is 610 g/mol. The molecule has 0 unspecified atom stereocenters. The van der Waals surface area contributed by atoms with Gasteiger partial charge in [-0.1, -0.05) is 109 Å². The largest absolute Gasteiger partial charge is 0.309 e. The Morgan fingerprint density at radius 3 is 1.35 bits per heavy atom. The van der Waals surface area contributed by atoms with Gasteiger partial charge in [-0.25, -0.2) is 0 Å². The number of benzene rings is 7. The molecule has 7 aromatic carbocycles. The van der Waals surface area contributed by atoms with E-state index in [9.17, 15) is 10.5 Å². The molecule has 48 heavy (non-hydrogen) atoms. The zero-order chi connectivity index (χ0) is 32.2. The molecule has 0 atom stereocenters. The average Bonchev–Trinajstić information content (AvgIpc) is 3.67. The van der Waals surface area contributed by atoms with Gasteiger partial charge in [-0.15, -0.1) is 0 Å². The zero-order valence-corrected chi connectivity index (χ0v) is 25.8. The van der Waals surface area contributed by atoms with Crippen molar-refractivity contribution in [1.29, 1.82) is 10.5 Å². The SMILES string of the molecule is N#Cc1cc(-n2c3ccccc3c3ccccc32)cc(C#N)c1-c1cccc(-c2ccccc2-n2c3ccccc3c3ccccc32)c1. The van der Waals surface area contributed by atoms with E-state index in [4.69, 9.17) is 0 Å². The number of nitriles is 2. The Kier molecular flexibility index (Phi) is 6.22. The molecule has 2 aromatic heterocycles. The third-order valence-corrected chi connectivity index (χ3v) is 9.39. The van der Waals surface area contributed by atoms with Crippen LogP contribution in [0.2, 0.25) is 0 Å². The first-order chi connectivity index (χ1) is 23.7. The van der Waals surface area contributed by atoms with E-state index in [1.165, 1.54) is 10.8 Å². The highest BCUT2D eigenvalue weighted by Gasteiger charge is 2.19. The number of aromatic nitrogens is 2. The van der Waals surface area contributed by atoms with Gasteiger partial charge in [0, 0.05) is 38.4 Å². The summed E-state index contributed by atoms with van der Waals surface area (Å²) in [7, 11) is 0. The van der Waals surface area contributed by atoms with Gasteiger partial charge in [0.25, 0.3) is 0 Å². The van der Waals surface area contributed by atoms with Crippen molar-refractivity contribution in [3.05, 3.63) is 169 Å². The molecule has 0 N–H and O–H groups in total. The molecule has 0 aliphatic carbocycles. The molecule has 0 radical (unpaired) electrons. The lowest BCUT2D eigenvalue weighted by Crippen LogP contribution is -1.99. The quantitative estimate of drug-likeness (QED) is 0.199. The van der Waals surface area contributed by atoms with E-state index < -0.39 is 0 Å². The van der Waals surface area contributed by atoms with Gasteiger partial charge in [-0.3, -0.25) is 0 Å². The molecular weight excluding hydrogens is 585 g/mol. The van der Waals surface area contributed by atoms with Crippen LogP contribution in [0.4, 0.5) is 0 Å². The Labute approximate surface area is 277 Å². The fourth-order valence-corrected chi connectivity index (χ4v) is 7.38. The molecule has 4 nitrogen and oxygen atoms in total. The van der Waals surface area contributed by atoms with E-state index in [1.54, 1.807) is 0 Å². The van der Waals surface area contributed by atoms with Crippen LogP contribution in [0.3, 0.4) is 0 Å². The second-order valence-electron chi connectivity index (χ2n) is 12.0. The first-order valence-corrected chi connectivity index (χ1v) is 15.9. The molecule has 0 spiro atoms. The van der Waals surface area contributed by atoms with Gasteiger partial charge in [0.2, 0.25) is 0 Å². The molecule has 222 valence electrons. The number of para-hydroxylation sites is 5. The smallest absolute Gasteiger partial charge is 0.0999 e. The number of hydrogen-bond donors (Lipinski definition) is 0. The molecular formula is C44H26N4. The summed E-state index contributed by atoms with van der Waals surface area (Å²) in [5.74, 6) is 0. The Morgan fingerprint density at radius 1 is 0.396 bits per heavy atom. The van der Waals surface area contributed by atoms with Gasteiger partial charge in [-0.2, -0.15) is 10.5 Å². The molecule has 2 heterocycles. The highest BCUT2D eigenvalue weighted by molar-refractivity contribution is 6.10. The normalized spacial score (nSPS) is 11.3. The number of fused-ring (bicyclic) bond motifs is 6. The third kappa shape index (κ3) is 4.07. The Balaban J connectivity index is 1.23. The van der Waals surface area contributed by atoms with E-state index in [-0.39, 0.29) is 0 Å². The highest BCUT2D eigenvalue weighted by atomic mass is 15.0. The van der Waals surface area contributed by atoms with Gasteiger partial charge < -0.3 is 9.13 Å². The van der Waals surface area contributed by atoms with Crippen molar-refractivity contribution in [3.8, 4) is 45.8 Å². The summed E-state index contributed by atoms with van der Waals surface area (Å²) < 4.78 is 4.48. The number of hydrogen-bond acceptors (Lipinski definition) is 2. The molecule has 0 aliphatic rings. The maximum absolute atomic E-state index is 10.5. The number of rotatable bonds is 4. The van der Waals surface area contributed by atoms with E-state index >= 15 is 0 Å². The maximum Gasteiger partial charge on any atom is 0.0999 e. The third-order valence-electron chi connectivity index (χ3n) is 9.39. The lowest BCUT2D eigenvalue weighted by molar-refractivity contribution is 1.17. The highest BCUT2D eigenvalue weighted by Crippen LogP contribution is 2.39. The van der Waals surface area contributed by atoms with Crippen molar-refractivity contribution >= 4 is 43.6 Å². The molecule has 0 fully saturated rings. The van der Waals surface area contributed by atoms with Crippen LogP contribution in [0.5, 0.6) is 0 Å². The molecule has 0 amide bonds.